The Morgan fingerprint density at radius 2 is 2.29 bits per heavy atom. The summed E-state index contributed by atoms with van der Waals surface area (Å²) >= 11 is 1.47. The lowest BCUT2D eigenvalue weighted by Crippen LogP contribution is -1.83. The van der Waals surface area contributed by atoms with Gasteiger partial charge in [-0.2, -0.15) is 0 Å². The number of benzene rings is 1. The molecule has 0 fully saturated rings. The van der Waals surface area contributed by atoms with Gasteiger partial charge in [-0.05, 0) is 24.1 Å². The van der Waals surface area contributed by atoms with Gasteiger partial charge < -0.3 is 10.7 Å². The number of thiazole rings is 1. The number of nitrogens with zero attached hydrogens (tertiary/aromatic N) is 1. The molecule has 4 heteroatoms. The molecule has 0 aliphatic heterocycles. The predicted molar refractivity (Wildman–Crippen MR) is 73.2 cm³/mol. The summed E-state index contributed by atoms with van der Waals surface area (Å²) in [6.07, 6.45) is 3.04. The van der Waals surface area contributed by atoms with Crippen LogP contribution in [0.15, 0.2) is 29.8 Å². The first-order valence-electron chi connectivity index (χ1n) is 5.59. The highest BCUT2D eigenvalue weighted by atomic mass is 32.1. The minimum absolute atomic E-state index is 0.612. The van der Waals surface area contributed by atoms with Crippen LogP contribution in [0.2, 0.25) is 0 Å². The molecule has 86 valence electrons. The molecule has 3 N–H and O–H groups in total. The van der Waals surface area contributed by atoms with Gasteiger partial charge in [0, 0.05) is 28.0 Å². The topological polar surface area (TPSA) is 54.7 Å². The number of nitrogen functional groups attached to an aromatic ring is 1. The van der Waals surface area contributed by atoms with E-state index in [2.05, 4.69) is 35.1 Å². The Kier molecular flexibility index (Phi) is 2.37. The van der Waals surface area contributed by atoms with E-state index in [0.29, 0.717) is 5.13 Å². The summed E-state index contributed by atoms with van der Waals surface area (Å²) in [5.41, 5.74) is 10.2. The maximum absolute atomic E-state index is 5.68. The van der Waals surface area contributed by atoms with Crippen molar-refractivity contribution in [3.8, 4) is 11.3 Å². The largest absolute Gasteiger partial charge is 0.375 e. The van der Waals surface area contributed by atoms with Crippen LogP contribution in [0.3, 0.4) is 0 Å². The van der Waals surface area contributed by atoms with E-state index in [9.17, 15) is 0 Å². The summed E-state index contributed by atoms with van der Waals surface area (Å²) in [5, 5.41) is 3.83. The van der Waals surface area contributed by atoms with Crippen molar-refractivity contribution in [2.75, 3.05) is 5.73 Å². The van der Waals surface area contributed by atoms with Crippen molar-refractivity contribution in [1.29, 1.82) is 0 Å². The van der Waals surface area contributed by atoms with Gasteiger partial charge in [0.2, 0.25) is 0 Å². The maximum atomic E-state index is 5.68. The Morgan fingerprint density at radius 1 is 1.41 bits per heavy atom. The predicted octanol–water partition coefficient (Wildman–Crippen LogP) is 3.44. The van der Waals surface area contributed by atoms with Crippen molar-refractivity contribution in [3.05, 3.63) is 35.3 Å². The molecule has 0 atom stereocenters. The van der Waals surface area contributed by atoms with Crippen LogP contribution in [0.4, 0.5) is 5.13 Å². The summed E-state index contributed by atoms with van der Waals surface area (Å²) in [7, 11) is 0. The molecule has 0 saturated carbocycles. The second kappa shape index (κ2) is 3.89. The normalized spacial score (nSPS) is 11.1. The fourth-order valence-corrected chi connectivity index (χ4v) is 2.57. The zero-order valence-corrected chi connectivity index (χ0v) is 10.3. The van der Waals surface area contributed by atoms with Crippen molar-refractivity contribution in [3.63, 3.8) is 0 Å². The molecule has 0 bridgehead atoms. The lowest BCUT2D eigenvalue weighted by atomic mass is 10.1. The first-order valence-corrected chi connectivity index (χ1v) is 6.47. The average molecular weight is 243 g/mol. The van der Waals surface area contributed by atoms with Gasteiger partial charge in [-0.25, -0.2) is 4.98 Å². The molecule has 0 radical (unpaired) electrons. The van der Waals surface area contributed by atoms with Gasteiger partial charge in [0.15, 0.2) is 5.13 Å². The van der Waals surface area contributed by atoms with Gasteiger partial charge in [0.05, 0.1) is 5.69 Å². The Balaban J connectivity index is 2.22. The number of fused-ring (bicyclic) bond motifs is 1. The number of hydrogen-bond donors (Lipinski definition) is 2. The zero-order chi connectivity index (χ0) is 11.8. The van der Waals surface area contributed by atoms with Crippen LogP contribution in [0.1, 0.15) is 12.5 Å². The van der Waals surface area contributed by atoms with E-state index in [1.807, 2.05) is 11.6 Å². The van der Waals surface area contributed by atoms with Crippen molar-refractivity contribution >= 4 is 27.4 Å². The first-order chi connectivity index (χ1) is 8.28. The lowest BCUT2D eigenvalue weighted by molar-refractivity contribution is 1.15. The summed E-state index contributed by atoms with van der Waals surface area (Å²) < 4.78 is 0. The fourth-order valence-electron chi connectivity index (χ4n) is 2.01. The Hall–Kier alpha value is -1.81. The van der Waals surface area contributed by atoms with Crippen molar-refractivity contribution in [2.45, 2.75) is 13.3 Å². The van der Waals surface area contributed by atoms with Crippen molar-refractivity contribution in [2.24, 2.45) is 0 Å². The molecule has 2 aromatic heterocycles. The molecule has 3 nitrogen and oxygen atoms in total. The minimum atomic E-state index is 0.612. The maximum Gasteiger partial charge on any atom is 0.180 e. The smallest absolute Gasteiger partial charge is 0.180 e. The molecule has 0 saturated heterocycles. The van der Waals surface area contributed by atoms with Gasteiger partial charge in [-0.15, -0.1) is 11.3 Å². The highest BCUT2D eigenvalue weighted by molar-refractivity contribution is 7.13. The van der Waals surface area contributed by atoms with Crippen molar-refractivity contribution < 1.29 is 0 Å². The number of nitrogens with two attached hydrogens (primary N) is 1. The Morgan fingerprint density at radius 3 is 3.00 bits per heavy atom. The second-order valence-electron chi connectivity index (χ2n) is 4.01. The summed E-state index contributed by atoms with van der Waals surface area (Å²) in [6, 6.07) is 6.49. The average Bonchev–Trinajstić information content (AvgIpc) is 2.93. The standard InChI is InChI=1S/C13H13N3S/c1-2-8-3-4-11-9(5-8)10(6-15-11)12-7-17-13(14)16-12/h3-7,15H,2H2,1H3,(H2,14,16). The number of rotatable bonds is 2. The monoisotopic (exact) mass is 243 g/mol. The van der Waals surface area contributed by atoms with Gasteiger partial charge in [-0.1, -0.05) is 13.0 Å². The quantitative estimate of drug-likeness (QED) is 0.724. The number of aromatic amines is 1. The van der Waals surface area contributed by atoms with E-state index in [1.54, 1.807) is 0 Å². The SMILES string of the molecule is CCc1ccc2[nH]cc(-c3csc(N)n3)c2c1. The molecule has 0 aliphatic carbocycles. The summed E-state index contributed by atoms with van der Waals surface area (Å²) in [4.78, 5) is 7.61. The van der Waals surface area contributed by atoms with Gasteiger partial charge in [0.25, 0.3) is 0 Å². The van der Waals surface area contributed by atoms with Crippen LogP contribution < -0.4 is 5.73 Å². The van der Waals surface area contributed by atoms with Crippen LogP contribution in [0, 0.1) is 0 Å². The molecule has 1 aromatic carbocycles. The lowest BCUT2D eigenvalue weighted by Gasteiger charge is -1.98. The van der Waals surface area contributed by atoms with E-state index in [0.717, 1.165) is 23.2 Å². The second-order valence-corrected chi connectivity index (χ2v) is 4.90. The molecule has 0 unspecified atom stereocenters. The van der Waals surface area contributed by atoms with Crippen LogP contribution in [-0.2, 0) is 6.42 Å². The molecule has 3 aromatic rings. The van der Waals surface area contributed by atoms with E-state index >= 15 is 0 Å². The molecular weight excluding hydrogens is 230 g/mol. The minimum Gasteiger partial charge on any atom is -0.375 e. The Labute approximate surface area is 103 Å². The molecular formula is C13H13N3S. The number of hydrogen-bond acceptors (Lipinski definition) is 3. The fraction of sp³-hybridized carbons (Fsp3) is 0.154. The van der Waals surface area contributed by atoms with Gasteiger partial charge in [0.1, 0.15) is 0 Å². The molecule has 0 amide bonds. The third-order valence-corrected chi connectivity index (χ3v) is 3.63. The highest BCUT2D eigenvalue weighted by Gasteiger charge is 2.09. The zero-order valence-electron chi connectivity index (χ0n) is 9.53. The third-order valence-electron chi connectivity index (χ3n) is 2.95. The van der Waals surface area contributed by atoms with Crippen LogP contribution in [0.5, 0.6) is 0 Å². The van der Waals surface area contributed by atoms with Crippen LogP contribution >= 0.6 is 11.3 Å². The number of aryl methyl sites for hydroxylation is 1. The van der Waals surface area contributed by atoms with E-state index in [-0.39, 0.29) is 0 Å². The molecule has 17 heavy (non-hydrogen) atoms. The number of H-pyrrole nitrogens is 1. The van der Waals surface area contributed by atoms with Crippen LogP contribution in [0.25, 0.3) is 22.2 Å². The number of aromatic nitrogens is 2. The highest BCUT2D eigenvalue weighted by Crippen LogP contribution is 2.30. The molecule has 2 heterocycles. The molecule has 3 rings (SSSR count). The van der Waals surface area contributed by atoms with Gasteiger partial charge in [-0.3, -0.25) is 0 Å². The summed E-state index contributed by atoms with van der Waals surface area (Å²) in [5.74, 6) is 0. The van der Waals surface area contributed by atoms with E-state index in [4.69, 9.17) is 5.73 Å². The van der Waals surface area contributed by atoms with Crippen molar-refractivity contribution in [1.82, 2.24) is 9.97 Å². The first kappa shape index (κ1) is 10.4. The number of nitrogens with one attached hydrogen (secondary N) is 1. The van der Waals surface area contributed by atoms with E-state index < -0.39 is 0 Å². The van der Waals surface area contributed by atoms with E-state index in [1.165, 1.54) is 22.3 Å². The van der Waals surface area contributed by atoms with Crippen LogP contribution in [-0.4, -0.2) is 9.97 Å². The Bertz CT molecular complexity index is 666. The number of anilines is 1. The third kappa shape index (κ3) is 1.70. The molecule has 0 spiro atoms. The summed E-state index contributed by atoms with van der Waals surface area (Å²) in [6.45, 7) is 2.16. The van der Waals surface area contributed by atoms with Gasteiger partial charge >= 0.3 is 0 Å². The molecule has 0 aliphatic rings.